The fourth-order valence-corrected chi connectivity index (χ4v) is 1.92. The molecule has 3 nitrogen and oxygen atoms in total. The van der Waals surface area contributed by atoms with Crippen LogP contribution in [0.1, 0.15) is 24.8 Å². The third-order valence-electron chi connectivity index (χ3n) is 2.99. The molecule has 2 rings (SSSR count). The van der Waals surface area contributed by atoms with Crippen LogP contribution in [0, 0.1) is 0 Å². The van der Waals surface area contributed by atoms with Gasteiger partial charge in [-0.15, -0.1) is 0 Å². The topological polar surface area (TPSA) is 41.1 Å². The first kappa shape index (κ1) is 14.0. The second kappa shape index (κ2) is 5.28. The number of carbonyl (C=O) groups excluding carboxylic acids is 1. The van der Waals surface area contributed by atoms with Gasteiger partial charge in [-0.05, 0) is 37.5 Å². The summed E-state index contributed by atoms with van der Waals surface area (Å²) in [5, 5.41) is 5.00. The molecule has 1 aliphatic rings. The summed E-state index contributed by atoms with van der Waals surface area (Å²) < 4.78 is 37.3. The molecule has 0 spiro atoms. The number of nitrogens with one attached hydrogen (secondary N) is 2. The summed E-state index contributed by atoms with van der Waals surface area (Å²) in [4.78, 5) is 11.5. The maximum Gasteiger partial charge on any atom is 0.416 e. The smallest absolute Gasteiger partial charge is 0.335 e. The average molecular weight is 293 g/mol. The molecule has 0 radical (unpaired) electrons. The van der Waals surface area contributed by atoms with Crippen molar-refractivity contribution in [1.29, 1.82) is 0 Å². The summed E-state index contributed by atoms with van der Waals surface area (Å²) >= 11 is 5.72. The van der Waals surface area contributed by atoms with Crippen LogP contribution in [-0.2, 0) is 6.18 Å². The molecule has 0 unspecified atom stereocenters. The summed E-state index contributed by atoms with van der Waals surface area (Å²) in [6.45, 7) is 0. The normalized spacial score (nSPS) is 15.8. The molecule has 2 N–H and O–H groups in total. The van der Waals surface area contributed by atoms with Gasteiger partial charge < -0.3 is 10.6 Å². The van der Waals surface area contributed by atoms with Crippen LogP contribution in [0.5, 0.6) is 0 Å². The SMILES string of the molecule is O=C(Nc1ccc(C(F)(F)F)cc1Cl)NC1CCC1. The predicted octanol–water partition coefficient (Wildman–Crippen LogP) is 4.03. The maximum absolute atomic E-state index is 12.4. The van der Waals surface area contributed by atoms with E-state index in [2.05, 4.69) is 10.6 Å². The molecule has 0 atom stereocenters. The number of benzene rings is 1. The van der Waals surface area contributed by atoms with Crippen molar-refractivity contribution < 1.29 is 18.0 Å². The van der Waals surface area contributed by atoms with E-state index in [0.717, 1.165) is 37.5 Å². The molecule has 1 saturated carbocycles. The molecule has 1 aliphatic carbocycles. The quantitative estimate of drug-likeness (QED) is 0.849. The summed E-state index contributed by atoms with van der Waals surface area (Å²) in [6.07, 6.45) is -1.52. The Balaban J connectivity index is 2.02. The number of hydrogen-bond donors (Lipinski definition) is 2. The molecule has 0 saturated heterocycles. The first-order valence-corrected chi connectivity index (χ1v) is 6.18. The molecule has 1 aromatic rings. The highest BCUT2D eigenvalue weighted by atomic mass is 35.5. The van der Waals surface area contributed by atoms with Crippen LogP contribution >= 0.6 is 11.6 Å². The molecule has 7 heteroatoms. The van der Waals surface area contributed by atoms with Gasteiger partial charge >= 0.3 is 12.2 Å². The highest BCUT2D eigenvalue weighted by Gasteiger charge is 2.31. The van der Waals surface area contributed by atoms with Gasteiger partial charge in [0.05, 0.1) is 16.3 Å². The van der Waals surface area contributed by atoms with Gasteiger partial charge in [-0.2, -0.15) is 13.2 Å². The molecule has 1 fully saturated rings. The number of urea groups is 1. The van der Waals surface area contributed by atoms with E-state index >= 15 is 0 Å². The Morgan fingerprint density at radius 1 is 1.32 bits per heavy atom. The van der Waals surface area contributed by atoms with Crippen LogP contribution in [0.3, 0.4) is 0 Å². The fourth-order valence-electron chi connectivity index (χ4n) is 1.69. The molecular formula is C12H12ClF3N2O. The number of rotatable bonds is 2. The Bertz CT molecular complexity index is 486. The minimum atomic E-state index is -4.45. The van der Waals surface area contributed by atoms with E-state index in [0.29, 0.717) is 0 Å². The highest BCUT2D eigenvalue weighted by Crippen LogP contribution is 2.33. The number of alkyl halides is 3. The zero-order valence-corrected chi connectivity index (χ0v) is 10.6. The molecule has 104 valence electrons. The molecule has 0 bridgehead atoms. The van der Waals surface area contributed by atoms with E-state index in [1.807, 2.05) is 0 Å². The van der Waals surface area contributed by atoms with Gasteiger partial charge in [0, 0.05) is 6.04 Å². The maximum atomic E-state index is 12.4. The number of anilines is 1. The molecule has 0 heterocycles. The van der Waals surface area contributed by atoms with Gasteiger partial charge in [0.2, 0.25) is 0 Å². The summed E-state index contributed by atoms with van der Waals surface area (Å²) in [5.41, 5.74) is -0.686. The van der Waals surface area contributed by atoms with Crippen molar-refractivity contribution >= 4 is 23.3 Å². The van der Waals surface area contributed by atoms with Gasteiger partial charge in [-0.1, -0.05) is 11.6 Å². The van der Waals surface area contributed by atoms with Crippen LogP contribution in [0.2, 0.25) is 5.02 Å². The third-order valence-corrected chi connectivity index (χ3v) is 3.30. The Labute approximate surface area is 113 Å². The van der Waals surface area contributed by atoms with Crippen molar-refractivity contribution in [2.75, 3.05) is 5.32 Å². The second-order valence-corrected chi connectivity index (χ2v) is 4.83. The van der Waals surface area contributed by atoms with E-state index in [4.69, 9.17) is 11.6 Å². The van der Waals surface area contributed by atoms with Crippen LogP contribution in [0.4, 0.5) is 23.7 Å². The van der Waals surface area contributed by atoms with E-state index in [-0.39, 0.29) is 16.8 Å². The van der Waals surface area contributed by atoms with Crippen molar-refractivity contribution in [2.24, 2.45) is 0 Å². The monoisotopic (exact) mass is 292 g/mol. The lowest BCUT2D eigenvalue weighted by Gasteiger charge is -2.26. The predicted molar refractivity (Wildman–Crippen MR) is 66.2 cm³/mol. The lowest BCUT2D eigenvalue weighted by molar-refractivity contribution is -0.137. The van der Waals surface area contributed by atoms with E-state index in [1.54, 1.807) is 0 Å². The molecule has 0 aliphatic heterocycles. The largest absolute Gasteiger partial charge is 0.416 e. The number of carbonyl (C=O) groups is 1. The van der Waals surface area contributed by atoms with Crippen LogP contribution in [-0.4, -0.2) is 12.1 Å². The van der Waals surface area contributed by atoms with Crippen molar-refractivity contribution in [3.05, 3.63) is 28.8 Å². The lowest BCUT2D eigenvalue weighted by Crippen LogP contribution is -2.41. The molecule has 2 amide bonds. The highest BCUT2D eigenvalue weighted by molar-refractivity contribution is 6.33. The molecule has 0 aromatic heterocycles. The average Bonchev–Trinajstić information content (AvgIpc) is 2.25. The zero-order valence-electron chi connectivity index (χ0n) is 9.85. The number of amides is 2. The van der Waals surface area contributed by atoms with Gasteiger partial charge in [0.1, 0.15) is 0 Å². The summed E-state index contributed by atoms with van der Waals surface area (Å²) in [6, 6.07) is 2.51. The van der Waals surface area contributed by atoms with Crippen LogP contribution < -0.4 is 10.6 Å². The van der Waals surface area contributed by atoms with E-state index in [1.165, 1.54) is 0 Å². The van der Waals surface area contributed by atoms with Gasteiger partial charge in [0.25, 0.3) is 0 Å². The second-order valence-electron chi connectivity index (χ2n) is 4.42. The fraction of sp³-hybridized carbons (Fsp3) is 0.417. The van der Waals surface area contributed by atoms with Gasteiger partial charge in [-0.3, -0.25) is 0 Å². The Hall–Kier alpha value is -1.43. The lowest BCUT2D eigenvalue weighted by atomic mass is 9.93. The molecule has 19 heavy (non-hydrogen) atoms. The van der Waals surface area contributed by atoms with Crippen molar-refractivity contribution in [3.8, 4) is 0 Å². The molecule has 1 aromatic carbocycles. The number of hydrogen-bond acceptors (Lipinski definition) is 1. The van der Waals surface area contributed by atoms with Gasteiger partial charge in [-0.25, -0.2) is 4.79 Å². The van der Waals surface area contributed by atoms with E-state index < -0.39 is 17.8 Å². The first-order valence-electron chi connectivity index (χ1n) is 5.80. The van der Waals surface area contributed by atoms with Crippen molar-refractivity contribution in [1.82, 2.24) is 5.32 Å². The van der Waals surface area contributed by atoms with Crippen LogP contribution in [0.25, 0.3) is 0 Å². The number of halogens is 4. The van der Waals surface area contributed by atoms with E-state index in [9.17, 15) is 18.0 Å². The molecular weight excluding hydrogens is 281 g/mol. The minimum Gasteiger partial charge on any atom is -0.335 e. The van der Waals surface area contributed by atoms with Crippen molar-refractivity contribution in [2.45, 2.75) is 31.5 Å². The Kier molecular flexibility index (Phi) is 3.89. The standard InChI is InChI=1S/C12H12ClF3N2O/c13-9-6-7(12(14,15)16)4-5-10(9)18-11(19)17-8-2-1-3-8/h4-6,8H,1-3H2,(H2,17,18,19). The van der Waals surface area contributed by atoms with Crippen LogP contribution in [0.15, 0.2) is 18.2 Å². The van der Waals surface area contributed by atoms with Crippen molar-refractivity contribution in [3.63, 3.8) is 0 Å². The Morgan fingerprint density at radius 3 is 2.47 bits per heavy atom. The Morgan fingerprint density at radius 2 is 2.00 bits per heavy atom. The minimum absolute atomic E-state index is 0.140. The first-order chi connectivity index (χ1) is 8.86. The zero-order chi connectivity index (χ0) is 14.0. The van der Waals surface area contributed by atoms with Gasteiger partial charge in [0.15, 0.2) is 0 Å². The summed E-state index contributed by atoms with van der Waals surface area (Å²) in [7, 11) is 0. The summed E-state index contributed by atoms with van der Waals surface area (Å²) in [5.74, 6) is 0. The third kappa shape index (κ3) is 3.53.